The van der Waals surface area contributed by atoms with Gasteiger partial charge in [0, 0.05) is 36.2 Å². The van der Waals surface area contributed by atoms with Gasteiger partial charge in [-0.05, 0) is 25.0 Å². The van der Waals surface area contributed by atoms with Gasteiger partial charge in [-0.2, -0.15) is 0 Å². The van der Waals surface area contributed by atoms with Crippen LogP contribution in [0.3, 0.4) is 0 Å². The van der Waals surface area contributed by atoms with Gasteiger partial charge in [0.15, 0.2) is 0 Å². The van der Waals surface area contributed by atoms with E-state index in [0.29, 0.717) is 6.42 Å². The highest BCUT2D eigenvalue weighted by Gasteiger charge is 2.41. The van der Waals surface area contributed by atoms with E-state index in [1.807, 2.05) is 42.2 Å². The smallest absolute Gasteiger partial charge is 0.407 e. The fraction of sp³-hybridized carbons (Fsp3) is 0.444. The summed E-state index contributed by atoms with van der Waals surface area (Å²) in [5.74, 6) is 0. The molecule has 6 heteroatoms. The number of hydrogen-bond donors (Lipinski definition) is 1. The first-order valence-corrected chi connectivity index (χ1v) is 8.95. The maximum absolute atomic E-state index is 11.6. The van der Waals surface area contributed by atoms with E-state index in [0.717, 1.165) is 47.1 Å². The van der Waals surface area contributed by atoms with Crippen LogP contribution >= 0.6 is 15.9 Å². The van der Waals surface area contributed by atoms with E-state index in [1.54, 1.807) is 7.05 Å². The number of amides is 1. The lowest BCUT2D eigenvalue weighted by molar-refractivity contribution is 0.0944. The fourth-order valence-electron chi connectivity index (χ4n) is 3.69. The Morgan fingerprint density at radius 1 is 1.33 bits per heavy atom. The summed E-state index contributed by atoms with van der Waals surface area (Å²) in [4.78, 5) is 17.7. The van der Waals surface area contributed by atoms with Crippen molar-refractivity contribution < 1.29 is 9.90 Å². The van der Waals surface area contributed by atoms with Gasteiger partial charge < -0.3 is 14.6 Å². The zero-order chi connectivity index (χ0) is 17.3. The quantitative estimate of drug-likeness (QED) is 0.844. The third-order valence-electron chi connectivity index (χ3n) is 5.21. The number of rotatable bonds is 4. The molecule has 1 N–H and O–H groups in total. The van der Waals surface area contributed by atoms with Crippen LogP contribution < -0.4 is 0 Å². The Bertz CT molecular complexity index is 733. The zero-order valence-corrected chi connectivity index (χ0v) is 15.6. The number of aryl methyl sites for hydroxylation is 1. The SMILES string of the molecule is CN(C(=O)O)C1(Cc2c(-c3ccc(Br)cc3)ncn2C)CCCC1. The topological polar surface area (TPSA) is 58.4 Å². The minimum absolute atomic E-state index is 0.330. The molecule has 128 valence electrons. The molecule has 1 fully saturated rings. The van der Waals surface area contributed by atoms with Crippen molar-refractivity contribution in [3.05, 3.63) is 40.8 Å². The summed E-state index contributed by atoms with van der Waals surface area (Å²) in [7, 11) is 3.68. The summed E-state index contributed by atoms with van der Waals surface area (Å²) in [5, 5.41) is 9.52. The molecular weight excluding hydrogens is 370 g/mol. The first kappa shape index (κ1) is 17.0. The lowest BCUT2D eigenvalue weighted by Crippen LogP contribution is -2.49. The van der Waals surface area contributed by atoms with Crippen molar-refractivity contribution in [2.75, 3.05) is 7.05 Å². The molecule has 0 spiro atoms. The highest BCUT2D eigenvalue weighted by molar-refractivity contribution is 9.10. The van der Waals surface area contributed by atoms with Crippen LogP contribution in [0, 0.1) is 0 Å². The lowest BCUT2D eigenvalue weighted by Gasteiger charge is -2.37. The van der Waals surface area contributed by atoms with Crippen molar-refractivity contribution in [2.24, 2.45) is 7.05 Å². The Morgan fingerprint density at radius 3 is 2.54 bits per heavy atom. The number of benzene rings is 1. The third-order valence-corrected chi connectivity index (χ3v) is 5.73. The molecule has 0 atom stereocenters. The molecule has 0 unspecified atom stereocenters. The number of hydrogen-bond acceptors (Lipinski definition) is 2. The first-order valence-electron chi connectivity index (χ1n) is 8.16. The molecule has 0 radical (unpaired) electrons. The molecule has 5 nitrogen and oxygen atoms in total. The highest BCUT2D eigenvalue weighted by Crippen LogP contribution is 2.39. The minimum atomic E-state index is -0.857. The Kier molecular flexibility index (Phi) is 4.67. The van der Waals surface area contributed by atoms with Crippen LogP contribution in [0.15, 0.2) is 35.1 Å². The van der Waals surface area contributed by atoms with Crippen LogP contribution in [0.1, 0.15) is 31.4 Å². The van der Waals surface area contributed by atoms with Crippen molar-refractivity contribution in [3.8, 4) is 11.3 Å². The summed E-state index contributed by atoms with van der Waals surface area (Å²) in [6, 6.07) is 8.08. The van der Waals surface area contributed by atoms with Gasteiger partial charge in [-0.15, -0.1) is 0 Å². The first-order chi connectivity index (χ1) is 11.4. The number of aromatic nitrogens is 2. The van der Waals surface area contributed by atoms with E-state index in [-0.39, 0.29) is 5.54 Å². The van der Waals surface area contributed by atoms with Crippen LogP contribution in [0.5, 0.6) is 0 Å². The standard InChI is InChI=1S/C18H22BrN3O2/c1-21-12-20-16(13-5-7-14(19)8-6-13)15(21)11-18(9-3-4-10-18)22(2)17(23)24/h5-8,12H,3-4,9-11H2,1-2H3,(H,23,24). The molecule has 0 aliphatic heterocycles. The second kappa shape index (κ2) is 6.59. The minimum Gasteiger partial charge on any atom is -0.465 e. The molecule has 24 heavy (non-hydrogen) atoms. The van der Waals surface area contributed by atoms with Crippen molar-refractivity contribution in [2.45, 2.75) is 37.6 Å². The van der Waals surface area contributed by atoms with Gasteiger partial charge in [0.05, 0.1) is 17.6 Å². The molecule has 1 aromatic carbocycles. The molecule has 1 heterocycles. The molecule has 1 aliphatic rings. The van der Waals surface area contributed by atoms with E-state index in [1.165, 1.54) is 4.90 Å². The van der Waals surface area contributed by atoms with Crippen molar-refractivity contribution in [1.82, 2.24) is 14.5 Å². The number of nitrogens with zero attached hydrogens (tertiary/aromatic N) is 3. The predicted octanol–water partition coefficient (Wildman–Crippen LogP) is 4.31. The van der Waals surface area contributed by atoms with Crippen molar-refractivity contribution in [3.63, 3.8) is 0 Å². The molecule has 2 aromatic rings. The number of carboxylic acid groups (broad SMARTS) is 1. The summed E-state index contributed by atoms with van der Waals surface area (Å²) in [6.07, 6.45) is 5.60. The van der Waals surface area contributed by atoms with Gasteiger partial charge in [-0.3, -0.25) is 0 Å². The summed E-state index contributed by atoms with van der Waals surface area (Å²) in [5.41, 5.74) is 2.76. The molecule has 1 aliphatic carbocycles. The van der Waals surface area contributed by atoms with E-state index in [4.69, 9.17) is 0 Å². The fourth-order valence-corrected chi connectivity index (χ4v) is 3.96. The number of carbonyl (C=O) groups is 1. The number of halogens is 1. The van der Waals surface area contributed by atoms with E-state index in [2.05, 4.69) is 20.9 Å². The molecule has 0 bridgehead atoms. The van der Waals surface area contributed by atoms with Crippen LogP contribution in [-0.4, -0.2) is 38.2 Å². The van der Waals surface area contributed by atoms with Gasteiger partial charge in [0.2, 0.25) is 0 Å². The largest absolute Gasteiger partial charge is 0.465 e. The van der Waals surface area contributed by atoms with Gasteiger partial charge in [0.25, 0.3) is 0 Å². The lowest BCUT2D eigenvalue weighted by atomic mass is 9.88. The Labute approximate surface area is 150 Å². The van der Waals surface area contributed by atoms with Crippen LogP contribution in [0.4, 0.5) is 4.79 Å². The summed E-state index contributed by atoms with van der Waals surface area (Å²) < 4.78 is 3.05. The van der Waals surface area contributed by atoms with Crippen LogP contribution in [0.25, 0.3) is 11.3 Å². The number of imidazole rings is 1. The Morgan fingerprint density at radius 2 is 1.96 bits per heavy atom. The molecule has 1 saturated carbocycles. The molecule has 1 aromatic heterocycles. The Balaban J connectivity index is 1.99. The average molecular weight is 392 g/mol. The maximum atomic E-state index is 11.6. The van der Waals surface area contributed by atoms with Crippen molar-refractivity contribution in [1.29, 1.82) is 0 Å². The molecule has 1 amide bonds. The molecule has 3 rings (SSSR count). The summed E-state index contributed by atoms with van der Waals surface area (Å²) in [6.45, 7) is 0. The highest BCUT2D eigenvalue weighted by atomic mass is 79.9. The van der Waals surface area contributed by atoms with Crippen LogP contribution in [0.2, 0.25) is 0 Å². The van der Waals surface area contributed by atoms with Crippen LogP contribution in [-0.2, 0) is 13.5 Å². The van der Waals surface area contributed by atoms with Crippen molar-refractivity contribution >= 4 is 22.0 Å². The van der Waals surface area contributed by atoms with Gasteiger partial charge in [0.1, 0.15) is 0 Å². The van der Waals surface area contributed by atoms with E-state index < -0.39 is 6.09 Å². The second-order valence-corrected chi connectivity index (χ2v) is 7.52. The van der Waals surface area contributed by atoms with E-state index >= 15 is 0 Å². The zero-order valence-electron chi connectivity index (χ0n) is 14.0. The third kappa shape index (κ3) is 3.07. The summed E-state index contributed by atoms with van der Waals surface area (Å²) >= 11 is 3.46. The molecular formula is C18H22BrN3O2. The maximum Gasteiger partial charge on any atom is 0.407 e. The average Bonchev–Trinajstić information content (AvgIpc) is 3.17. The van der Waals surface area contributed by atoms with Gasteiger partial charge in [-0.1, -0.05) is 40.9 Å². The van der Waals surface area contributed by atoms with Gasteiger partial charge in [-0.25, -0.2) is 9.78 Å². The monoisotopic (exact) mass is 391 g/mol. The molecule has 0 saturated heterocycles. The van der Waals surface area contributed by atoms with Gasteiger partial charge >= 0.3 is 6.09 Å². The normalized spacial score (nSPS) is 16.3. The predicted molar refractivity (Wildman–Crippen MR) is 97.0 cm³/mol. The second-order valence-electron chi connectivity index (χ2n) is 6.61. The number of likely N-dealkylation sites (N-methyl/N-ethyl adjacent to an activating group) is 1. The Hall–Kier alpha value is -1.82. The van der Waals surface area contributed by atoms with E-state index in [9.17, 15) is 9.90 Å².